The number of amides is 1. The first kappa shape index (κ1) is 15.9. The van der Waals surface area contributed by atoms with Crippen LogP contribution in [0, 0.1) is 11.3 Å². The van der Waals surface area contributed by atoms with Crippen molar-refractivity contribution in [1.29, 1.82) is 5.26 Å². The fourth-order valence-corrected chi connectivity index (χ4v) is 2.21. The van der Waals surface area contributed by atoms with Gasteiger partial charge in [-0.1, -0.05) is 0 Å². The molecule has 5 heteroatoms. The number of ether oxygens (including phenoxy) is 1. The quantitative estimate of drug-likeness (QED) is 0.696. The van der Waals surface area contributed by atoms with Crippen LogP contribution in [0.4, 0.5) is 0 Å². The van der Waals surface area contributed by atoms with Gasteiger partial charge in [0.15, 0.2) is 0 Å². The topological polar surface area (TPSA) is 56.6 Å². The van der Waals surface area contributed by atoms with Gasteiger partial charge in [-0.25, -0.2) is 0 Å². The Morgan fingerprint density at radius 2 is 2.16 bits per heavy atom. The minimum atomic E-state index is 0.103. The fourth-order valence-electron chi connectivity index (χ4n) is 2.21. The molecule has 1 atom stereocenters. The number of carbonyl (C=O) groups is 1. The third-order valence-corrected chi connectivity index (χ3v) is 3.48. The van der Waals surface area contributed by atoms with Gasteiger partial charge in [-0.05, 0) is 26.3 Å². The van der Waals surface area contributed by atoms with E-state index in [0.29, 0.717) is 25.5 Å². The minimum Gasteiger partial charge on any atom is -0.377 e. The highest BCUT2D eigenvalue weighted by Gasteiger charge is 2.16. The van der Waals surface area contributed by atoms with Crippen LogP contribution < -0.4 is 0 Å². The maximum Gasteiger partial charge on any atom is 0.223 e. The smallest absolute Gasteiger partial charge is 0.223 e. The highest BCUT2D eigenvalue weighted by molar-refractivity contribution is 5.76. The third kappa shape index (κ3) is 6.55. The lowest BCUT2D eigenvalue weighted by atomic mass is 10.1. The van der Waals surface area contributed by atoms with Gasteiger partial charge in [-0.15, -0.1) is 0 Å². The molecule has 1 rings (SSSR count). The number of hydrogen-bond acceptors (Lipinski definition) is 4. The van der Waals surface area contributed by atoms with Crippen molar-refractivity contribution in [3.8, 4) is 6.07 Å². The number of hydrogen-bond donors (Lipinski definition) is 0. The van der Waals surface area contributed by atoms with Crippen LogP contribution in [0.5, 0.6) is 0 Å². The van der Waals surface area contributed by atoms with Gasteiger partial charge in [0.2, 0.25) is 5.91 Å². The Morgan fingerprint density at radius 3 is 2.79 bits per heavy atom. The molecule has 0 aliphatic carbocycles. The summed E-state index contributed by atoms with van der Waals surface area (Å²) in [6.45, 7) is 3.03. The number of nitrogens with zero attached hydrogens (tertiary/aromatic N) is 3. The summed E-state index contributed by atoms with van der Waals surface area (Å²) in [5.41, 5.74) is 0. The molecule has 0 radical (unpaired) electrons. The molecule has 0 saturated carbocycles. The molecular formula is C14H25N3O2. The molecule has 1 aliphatic heterocycles. The monoisotopic (exact) mass is 267 g/mol. The van der Waals surface area contributed by atoms with Crippen molar-refractivity contribution in [2.45, 2.75) is 38.2 Å². The Morgan fingerprint density at radius 1 is 1.37 bits per heavy atom. The Balaban J connectivity index is 2.16. The molecule has 1 saturated heterocycles. The molecule has 0 bridgehead atoms. The standard InChI is InChI=1S/C14H25N3O2/c1-16(12-13-6-3-4-11-19-13)10-7-14(18)17(2)9-5-8-15/h13H,3-7,9-12H2,1-2H3. The summed E-state index contributed by atoms with van der Waals surface area (Å²) < 4.78 is 5.68. The maximum absolute atomic E-state index is 11.8. The summed E-state index contributed by atoms with van der Waals surface area (Å²) in [4.78, 5) is 15.6. The maximum atomic E-state index is 11.8. The van der Waals surface area contributed by atoms with Crippen LogP contribution in [0.15, 0.2) is 0 Å². The summed E-state index contributed by atoms with van der Waals surface area (Å²) in [7, 11) is 3.78. The second-order valence-electron chi connectivity index (χ2n) is 5.22. The highest BCUT2D eigenvalue weighted by atomic mass is 16.5. The van der Waals surface area contributed by atoms with E-state index in [-0.39, 0.29) is 5.91 Å². The SMILES string of the molecule is CN(CCC(=O)N(C)CCC#N)CC1CCCCO1. The second-order valence-corrected chi connectivity index (χ2v) is 5.22. The predicted molar refractivity (Wildman–Crippen MR) is 73.6 cm³/mol. The summed E-state index contributed by atoms with van der Waals surface area (Å²) in [6, 6.07) is 2.05. The van der Waals surface area contributed by atoms with Crippen molar-refractivity contribution < 1.29 is 9.53 Å². The molecule has 1 aliphatic rings. The second kappa shape index (κ2) is 8.89. The first-order valence-electron chi connectivity index (χ1n) is 7.04. The number of likely N-dealkylation sites (N-methyl/N-ethyl adjacent to an activating group) is 1. The van der Waals surface area contributed by atoms with E-state index in [9.17, 15) is 4.79 Å². The number of rotatable bonds is 7. The van der Waals surface area contributed by atoms with E-state index in [0.717, 1.165) is 26.1 Å². The van der Waals surface area contributed by atoms with E-state index >= 15 is 0 Å². The van der Waals surface area contributed by atoms with Crippen molar-refractivity contribution in [3.63, 3.8) is 0 Å². The summed E-state index contributed by atoms with van der Waals surface area (Å²) in [6.07, 6.45) is 4.76. The zero-order valence-corrected chi connectivity index (χ0v) is 12.1. The van der Waals surface area contributed by atoms with Crippen LogP contribution in [-0.4, -0.2) is 62.1 Å². The largest absolute Gasteiger partial charge is 0.377 e. The zero-order valence-electron chi connectivity index (χ0n) is 12.1. The molecule has 19 heavy (non-hydrogen) atoms. The third-order valence-electron chi connectivity index (χ3n) is 3.48. The van der Waals surface area contributed by atoms with Crippen molar-refractivity contribution in [1.82, 2.24) is 9.80 Å². The first-order valence-corrected chi connectivity index (χ1v) is 7.04. The van der Waals surface area contributed by atoms with Gasteiger partial charge in [0.05, 0.1) is 18.6 Å². The van der Waals surface area contributed by atoms with Crippen molar-refractivity contribution >= 4 is 5.91 Å². The first-order chi connectivity index (χ1) is 9.13. The van der Waals surface area contributed by atoms with Gasteiger partial charge in [0, 0.05) is 39.7 Å². The zero-order chi connectivity index (χ0) is 14.1. The molecule has 0 aromatic carbocycles. The van der Waals surface area contributed by atoms with Gasteiger partial charge in [0.1, 0.15) is 0 Å². The molecule has 5 nitrogen and oxygen atoms in total. The average Bonchev–Trinajstić information content (AvgIpc) is 2.43. The van der Waals surface area contributed by atoms with E-state index < -0.39 is 0 Å². The lowest BCUT2D eigenvalue weighted by Gasteiger charge is -2.27. The average molecular weight is 267 g/mol. The lowest BCUT2D eigenvalue weighted by molar-refractivity contribution is -0.130. The Labute approximate surface area is 116 Å². The Kier molecular flexibility index (Phi) is 7.46. The normalized spacial score (nSPS) is 19.2. The van der Waals surface area contributed by atoms with E-state index in [1.807, 2.05) is 7.05 Å². The van der Waals surface area contributed by atoms with Gasteiger partial charge in [-0.2, -0.15) is 5.26 Å². The molecule has 108 valence electrons. The Bertz CT molecular complexity index is 308. The molecule has 0 aromatic heterocycles. The van der Waals surface area contributed by atoms with Crippen molar-refractivity contribution in [3.05, 3.63) is 0 Å². The molecule has 0 spiro atoms. The predicted octanol–water partition coefficient (Wildman–Crippen LogP) is 1.25. The highest BCUT2D eigenvalue weighted by Crippen LogP contribution is 2.13. The summed E-state index contributed by atoms with van der Waals surface area (Å²) in [5, 5.41) is 8.49. The Hall–Kier alpha value is -1.12. The fraction of sp³-hybridized carbons (Fsp3) is 0.857. The van der Waals surface area contributed by atoms with Crippen molar-refractivity contribution in [2.75, 3.05) is 40.3 Å². The van der Waals surface area contributed by atoms with Crippen LogP contribution in [0.3, 0.4) is 0 Å². The van der Waals surface area contributed by atoms with E-state index in [1.54, 1.807) is 11.9 Å². The van der Waals surface area contributed by atoms with E-state index in [4.69, 9.17) is 10.00 Å². The summed E-state index contributed by atoms with van der Waals surface area (Å²) in [5.74, 6) is 0.103. The van der Waals surface area contributed by atoms with Gasteiger partial charge < -0.3 is 14.5 Å². The molecular weight excluding hydrogens is 242 g/mol. The molecule has 1 unspecified atom stereocenters. The summed E-state index contributed by atoms with van der Waals surface area (Å²) >= 11 is 0. The number of carbonyl (C=O) groups excluding carboxylic acids is 1. The van der Waals surface area contributed by atoms with Crippen LogP contribution >= 0.6 is 0 Å². The number of nitriles is 1. The van der Waals surface area contributed by atoms with Crippen LogP contribution in [-0.2, 0) is 9.53 Å². The van der Waals surface area contributed by atoms with Crippen LogP contribution in [0.2, 0.25) is 0 Å². The van der Waals surface area contributed by atoms with Gasteiger partial charge in [-0.3, -0.25) is 4.79 Å². The van der Waals surface area contributed by atoms with Crippen LogP contribution in [0.1, 0.15) is 32.1 Å². The molecule has 0 aromatic rings. The van der Waals surface area contributed by atoms with E-state index in [2.05, 4.69) is 11.0 Å². The molecule has 1 fully saturated rings. The minimum absolute atomic E-state index is 0.103. The molecule has 1 heterocycles. The van der Waals surface area contributed by atoms with Crippen molar-refractivity contribution in [2.24, 2.45) is 0 Å². The van der Waals surface area contributed by atoms with Gasteiger partial charge >= 0.3 is 0 Å². The molecule has 1 amide bonds. The van der Waals surface area contributed by atoms with Crippen LogP contribution in [0.25, 0.3) is 0 Å². The van der Waals surface area contributed by atoms with Gasteiger partial charge in [0.25, 0.3) is 0 Å². The van der Waals surface area contributed by atoms with E-state index in [1.165, 1.54) is 12.8 Å². The lowest BCUT2D eigenvalue weighted by Crippen LogP contribution is -2.36. The molecule has 0 N–H and O–H groups in total.